The monoisotopic (exact) mass is 481 g/mol. The minimum atomic E-state index is -0.220. The van der Waals surface area contributed by atoms with E-state index in [2.05, 4.69) is 9.80 Å². The number of fused-ring (bicyclic) bond motifs is 3. The predicted molar refractivity (Wildman–Crippen MR) is 137 cm³/mol. The van der Waals surface area contributed by atoms with Gasteiger partial charge >= 0.3 is 0 Å². The Balaban J connectivity index is 1.34. The van der Waals surface area contributed by atoms with Gasteiger partial charge in [0, 0.05) is 58.4 Å². The first kappa shape index (κ1) is 24.1. The van der Waals surface area contributed by atoms with Gasteiger partial charge in [-0.05, 0) is 50.3 Å². The summed E-state index contributed by atoms with van der Waals surface area (Å²) in [6, 6.07) is 6.04. The summed E-state index contributed by atoms with van der Waals surface area (Å²) in [7, 11) is 3.45. The molecule has 35 heavy (non-hydrogen) atoms. The van der Waals surface area contributed by atoms with Crippen LogP contribution in [0.2, 0.25) is 0 Å². The Hall–Kier alpha value is -2.61. The summed E-state index contributed by atoms with van der Waals surface area (Å²) in [6.45, 7) is 4.14. The summed E-state index contributed by atoms with van der Waals surface area (Å²) < 4.78 is 0. The molecular formula is C27H39N5O3. The quantitative estimate of drug-likeness (QED) is 0.661. The molecule has 1 aliphatic carbocycles. The first-order valence-corrected chi connectivity index (χ1v) is 13.4. The van der Waals surface area contributed by atoms with Crippen molar-refractivity contribution in [2.45, 2.75) is 63.5 Å². The van der Waals surface area contributed by atoms with E-state index in [1.165, 1.54) is 37.0 Å². The van der Waals surface area contributed by atoms with Crippen LogP contribution < -0.4 is 9.80 Å². The van der Waals surface area contributed by atoms with Crippen LogP contribution in [-0.2, 0) is 9.59 Å². The summed E-state index contributed by atoms with van der Waals surface area (Å²) in [4.78, 5) is 49.6. The summed E-state index contributed by atoms with van der Waals surface area (Å²) in [5, 5.41) is 0. The third-order valence-corrected chi connectivity index (χ3v) is 8.33. The molecule has 3 heterocycles. The second-order valence-electron chi connectivity index (χ2n) is 10.7. The third kappa shape index (κ3) is 4.77. The Bertz CT molecular complexity index is 966. The van der Waals surface area contributed by atoms with E-state index in [4.69, 9.17) is 0 Å². The zero-order valence-corrected chi connectivity index (χ0v) is 21.2. The van der Waals surface area contributed by atoms with Gasteiger partial charge in [0.05, 0.1) is 11.4 Å². The molecule has 3 aliphatic heterocycles. The normalized spacial score (nSPS) is 23.7. The topological polar surface area (TPSA) is 67.4 Å². The van der Waals surface area contributed by atoms with Gasteiger partial charge < -0.3 is 14.7 Å². The number of nitrogens with zero attached hydrogens (tertiary/aromatic N) is 5. The fourth-order valence-corrected chi connectivity index (χ4v) is 6.33. The number of rotatable bonds is 4. The molecule has 5 rings (SSSR count). The first-order chi connectivity index (χ1) is 16.9. The van der Waals surface area contributed by atoms with E-state index in [0.29, 0.717) is 17.3 Å². The van der Waals surface area contributed by atoms with Crippen LogP contribution in [0.15, 0.2) is 18.2 Å². The highest BCUT2D eigenvalue weighted by Crippen LogP contribution is 2.40. The fraction of sp³-hybridized carbons (Fsp3) is 0.667. The number of hydrogen-bond donors (Lipinski definition) is 0. The zero-order chi connectivity index (χ0) is 24.5. The number of carbonyl (C=O) groups is 3. The SMILES string of the molecule is CN(C)C(=O)c1ccc2c(c1)N(CC(=O)N1CCN(C3CCCCC3)CC1)C(=O)C1CCCCN21. The molecule has 3 amide bonds. The van der Waals surface area contributed by atoms with Gasteiger partial charge in [0.2, 0.25) is 11.8 Å². The standard InChI is InChI=1S/C27H39N5O3/c1-28(2)26(34)20-11-12-22-24(18-20)32(27(35)23-10-6-7-13-31(22)23)19-25(33)30-16-14-29(15-17-30)21-8-4-3-5-9-21/h11-12,18,21,23H,3-10,13-17,19H2,1-2H3. The van der Waals surface area contributed by atoms with E-state index < -0.39 is 0 Å². The lowest BCUT2D eigenvalue weighted by Crippen LogP contribution is -2.59. The van der Waals surface area contributed by atoms with Gasteiger partial charge in [0.15, 0.2) is 0 Å². The van der Waals surface area contributed by atoms with Crippen molar-refractivity contribution in [2.24, 2.45) is 0 Å². The van der Waals surface area contributed by atoms with Gasteiger partial charge in [-0.15, -0.1) is 0 Å². The van der Waals surface area contributed by atoms with Crippen LogP contribution in [0.3, 0.4) is 0 Å². The van der Waals surface area contributed by atoms with E-state index in [0.717, 1.165) is 57.7 Å². The Labute approximate surface area is 208 Å². The molecule has 1 aromatic carbocycles. The highest BCUT2D eigenvalue weighted by Gasteiger charge is 2.41. The van der Waals surface area contributed by atoms with Crippen molar-refractivity contribution in [3.05, 3.63) is 23.8 Å². The molecule has 8 nitrogen and oxygen atoms in total. The number of anilines is 2. The molecule has 0 N–H and O–H groups in total. The maximum atomic E-state index is 13.6. The van der Waals surface area contributed by atoms with Crippen molar-refractivity contribution in [3.8, 4) is 0 Å². The van der Waals surface area contributed by atoms with Crippen molar-refractivity contribution in [3.63, 3.8) is 0 Å². The highest BCUT2D eigenvalue weighted by atomic mass is 16.2. The summed E-state index contributed by atoms with van der Waals surface area (Å²) >= 11 is 0. The average molecular weight is 482 g/mol. The molecule has 2 saturated heterocycles. The maximum absolute atomic E-state index is 13.6. The molecule has 0 spiro atoms. The van der Waals surface area contributed by atoms with Gasteiger partial charge in [-0.2, -0.15) is 0 Å². The summed E-state index contributed by atoms with van der Waals surface area (Å²) in [6.07, 6.45) is 9.41. The molecule has 0 radical (unpaired) electrons. The number of piperidine rings is 1. The summed E-state index contributed by atoms with van der Waals surface area (Å²) in [5.41, 5.74) is 2.19. The lowest BCUT2D eigenvalue weighted by Gasteiger charge is -2.46. The molecule has 0 bridgehead atoms. The number of piperazine rings is 1. The van der Waals surface area contributed by atoms with Crippen LogP contribution in [0, 0.1) is 0 Å². The van der Waals surface area contributed by atoms with Crippen LogP contribution in [0.4, 0.5) is 11.4 Å². The van der Waals surface area contributed by atoms with Crippen molar-refractivity contribution in [2.75, 3.05) is 63.2 Å². The van der Waals surface area contributed by atoms with Crippen molar-refractivity contribution >= 4 is 29.1 Å². The second kappa shape index (κ2) is 10.2. The van der Waals surface area contributed by atoms with Crippen LogP contribution >= 0.6 is 0 Å². The van der Waals surface area contributed by atoms with Gasteiger partial charge in [0.25, 0.3) is 5.91 Å². The highest BCUT2D eigenvalue weighted by molar-refractivity contribution is 6.09. The Morgan fingerprint density at radius 3 is 2.31 bits per heavy atom. The van der Waals surface area contributed by atoms with Crippen LogP contribution in [0.25, 0.3) is 0 Å². The van der Waals surface area contributed by atoms with Gasteiger partial charge in [-0.1, -0.05) is 19.3 Å². The lowest BCUT2D eigenvalue weighted by molar-refractivity contribution is -0.133. The molecule has 190 valence electrons. The average Bonchev–Trinajstić information content (AvgIpc) is 2.90. The molecule has 1 aromatic rings. The fourth-order valence-electron chi connectivity index (χ4n) is 6.33. The van der Waals surface area contributed by atoms with E-state index >= 15 is 0 Å². The summed E-state index contributed by atoms with van der Waals surface area (Å²) in [5.74, 6) is -0.117. The lowest BCUT2D eigenvalue weighted by atomic mass is 9.94. The minimum absolute atomic E-state index is 0.00110. The predicted octanol–water partition coefficient (Wildman–Crippen LogP) is 2.57. The van der Waals surface area contributed by atoms with Crippen molar-refractivity contribution in [1.29, 1.82) is 0 Å². The van der Waals surface area contributed by atoms with Crippen LogP contribution in [0.5, 0.6) is 0 Å². The van der Waals surface area contributed by atoms with Crippen molar-refractivity contribution in [1.82, 2.24) is 14.7 Å². The molecule has 8 heteroatoms. The van der Waals surface area contributed by atoms with Crippen molar-refractivity contribution < 1.29 is 14.4 Å². The zero-order valence-electron chi connectivity index (χ0n) is 21.2. The third-order valence-electron chi connectivity index (χ3n) is 8.33. The Morgan fingerprint density at radius 1 is 0.886 bits per heavy atom. The first-order valence-electron chi connectivity index (χ1n) is 13.4. The molecule has 1 saturated carbocycles. The van der Waals surface area contributed by atoms with Crippen LogP contribution in [0.1, 0.15) is 61.7 Å². The maximum Gasteiger partial charge on any atom is 0.253 e. The van der Waals surface area contributed by atoms with E-state index in [-0.39, 0.29) is 30.3 Å². The minimum Gasteiger partial charge on any atom is -0.358 e. The Morgan fingerprint density at radius 2 is 1.60 bits per heavy atom. The largest absolute Gasteiger partial charge is 0.358 e. The smallest absolute Gasteiger partial charge is 0.253 e. The number of carbonyl (C=O) groups excluding carboxylic acids is 3. The van der Waals surface area contributed by atoms with Gasteiger partial charge in [-0.25, -0.2) is 0 Å². The number of hydrogen-bond acceptors (Lipinski definition) is 5. The Kier molecular flexibility index (Phi) is 7.00. The van der Waals surface area contributed by atoms with Crippen LogP contribution in [-0.4, -0.2) is 97.9 Å². The van der Waals surface area contributed by atoms with E-state index in [1.54, 1.807) is 25.1 Å². The molecule has 1 unspecified atom stereocenters. The molecular weight excluding hydrogens is 442 g/mol. The van der Waals surface area contributed by atoms with E-state index in [1.807, 2.05) is 17.0 Å². The number of amides is 3. The number of benzene rings is 1. The van der Waals surface area contributed by atoms with E-state index in [9.17, 15) is 14.4 Å². The second-order valence-corrected chi connectivity index (χ2v) is 10.7. The molecule has 3 fully saturated rings. The van der Waals surface area contributed by atoms with Gasteiger partial charge in [0.1, 0.15) is 12.6 Å². The molecule has 0 aromatic heterocycles. The molecule has 1 atom stereocenters. The van der Waals surface area contributed by atoms with Gasteiger partial charge in [-0.3, -0.25) is 24.2 Å². The molecule has 4 aliphatic rings.